The zero-order chi connectivity index (χ0) is 19.9. The van der Waals surface area contributed by atoms with Crippen LogP contribution in [0.1, 0.15) is 11.1 Å². The molecule has 0 bridgehead atoms. The summed E-state index contributed by atoms with van der Waals surface area (Å²) in [5, 5.41) is 14.0. The average Bonchev–Trinajstić information content (AvgIpc) is 2.72. The van der Waals surface area contributed by atoms with Crippen molar-refractivity contribution < 1.29 is 14.4 Å². The lowest BCUT2D eigenvalue weighted by Gasteiger charge is -2.15. The van der Waals surface area contributed by atoms with Crippen LogP contribution >= 0.6 is 15.9 Å². The maximum Gasteiger partial charge on any atom is 0.269 e. The number of anilines is 1. The Morgan fingerprint density at radius 1 is 1.04 bits per heavy atom. The van der Waals surface area contributed by atoms with Crippen molar-refractivity contribution in [2.24, 2.45) is 0 Å². The highest BCUT2D eigenvalue weighted by Crippen LogP contribution is 2.37. The number of hydrogen-bond acceptors (Lipinski definition) is 5. The molecule has 0 aliphatic rings. The summed E-state index contributed by atoms with van der Waals surface area (Å²) in [6.07, 6.45) is 0. The molecule has 0 saturated carbocycles. The van der Waals surface area contributed by atoms with Crippen LogP contribution in [0, 0.1) is 10.1 Å². The molecule has 3 rings (SSSR count). The molecule has 0 spiro atoms. The monoisotopic (exact) mass is 442 g/mol. The summed E-state index contributed by atoms with van der Waals surface area (Å²) in [4.78, 5) is 10.3. The molecule has 6 nitrogen and oxygen atoms in total. The molecule has 0 heterocycles. The lowest BCUT2D eigenvalue weighted by atomic mass is 10.2. The Labute approximate surface area is 171 Å². The third kappa shape index (κ3) is 5.01. The number of nitro benzene ring substituents is 1. The number of methoxy groups -OCH3 is 1. The minimum absolute atomic E-state index is 0.0647. The first-order valence-electron chi connectivity index (χ1n) is 8.58. The fourth-order valence-corrected chi connectivity index (χ4v) is 3.25. The van der Waals surface area contributed by atoms with Crippen LogP contribution in [0.2, 0.25) is 0 Å². The number of halogens is 1. The number of nitro groups is 1. The summed E-state index contributed by atoms with van der Waals surface area (Å²) in [5.74, 6) is 1.27. The summed E-state index contributed by atoms with van der Waals surface area (Å²) >= 11 is 3.56. The molecule has 1 N–H and O–H groups in total. The van der Waals surface area contributed by atoms with Crippen molar-refractivity contribution in [1.82, 2.24) is 0 Å². The molecule has 0 unspecified atom stereocenters. The minimum atomic E-state index is -0.417. The number of rotatable bonds is 8. The maximum absolute atomic E-state index is 10.7. The van der Waals surface area contributed by atoms with Crippen LogP contribution in [-0.2, 0) is 13.2 Å². The van der Waals surface area contributed by atoms with Crippen LogP contribution in [0.5, 0.6) is 11.5 Å². The first-order valence-corrected chi connectivity index (χ1v) is 9.37. The van der Waals surface area contributed by atoms with E-state index in [1.807, 2.05) is 42.5 Å². The van der Waals surface area contributed by atoms with Crippen LogP contribution in [0.25, 0.3) is 0 Å². The van der Waals surface area contributed by atoms with Gasteiger partial charge in [0.15, 0.2) is 11.5 Å². The van der Waals surface area contributed by atoms with Crippen molar-refractivity contribution in [1.29, 1.82) is 0 Å². The zero-order valence-corrected chi connectivity index (χ0v) is 16.8. The molecular formula is C21H19BrN2O4. The normalized spacial score (nSPS) is 10.4. The van der Waals surface area contributed by atoms with Gasteiger partial charge in [-0.15, -0.1) is 0 Å². The molecule has 0 amide bonds. The van der Waals surface area contributed by atoms with E-state index in [4.69, 9.17) is 9.47 Å². The molecule has 3 aromatic carbocycles. The molecule has 28 heavy (non-hydrogen) atoms. The Hall–Kier alpha value is -3.06. The van der Waals surface area contributed by atoms with Crippen LogP contribution in [0.4, 0.5) is 11.4 Å². The first-order chi connectivity index (χ1) is 13.6. The molecule has 0 aromatic heterocycles. The number of hydrogen-bond donors (Lipinski definition) is 1. The standard InChI is InChI=1S/C21H19BrN2O4/c1-27-20-12-16(13-23-17-7-9-18(10-8-17)24(25)26)11-19(22)21(20)28-14-15-5-3-2-4-6-15/h2-12,23H,13-14H2,1H3. The molecular weight excluding hydrogens is 424 g/mol. The highest BCUT2D eigenvalue weighted by atomic mass is 79.9. The van der Waals surface area contributed by atoms with E-state index in [1.165, 1.54) is 12.1 Å². The molecule has 7 heteroatoms. The quantitative estimate of drug-likeness (QED) is 0.365. The maximum atomic E-state index is 10.7. The van der Waals surface area contributed by atoms with Crippen molar-refractivity contribution in [3.05, 3.63) is 92.4 Å². The van der Waals surface area contributed by atoms with Gasteiger partial charge in [0.2, 0.25) is 0 Å². The highest BCUT2D eigenvalue weighted by molar-refractivity contribution is 9.10. The molecule has 0 radical (unpaired) electrons. The summed E-state index contributed by atoms with van der Waals surface area (Å²) in [6.45, 7) is 0.974. The summed E-state index contributed by atoms with van der Waals surface area (Å²) in [7, 11) is 1.60. The molecule has 0 fully saturated rings. The molecule has 0 atom stereocenters. The highest BCUT2D eigenvalue weighted by Gasteiger charge is 2.12. The lowest BCUT2D eigenvalue weighted by molar-refractivity contribution is -0.384. The van der Waals surface area contributed by atoms with Gasteiger partial charge < -0.3 is 14.8 Å². The molecule has 0 aliphatic heterocycles. The van der Waals surface area contributed by atoms with Gasteiger partial charge in [-0.25, -0.2) is 0 Å². The largest absolute Gasteiger partial charge is 0.493 e. The van der Waals surface area contributed by atoms with Crippen LogP contribution < -0.4 is 14.8 Å². The van der Waals surface area contributed by atoms with Gasteiger partial charge in [0, 0.05) is 24.4 Å². The number of nitrogens with zero attached hydrogens (tertiary/aromatic N) is 1. The minimum Gasteiger partial charge on any atom is -0.493 e. The van der Waals surface area contributed by atoms with Gasteiger partial charge in [0.1, 0.15) is 6.61 Å². The van der Waals surface area contributed by atoms with Gasteiger partial charge >= 0.3 is 0 Å². The first kappa shape index (κ1) is 19.7. The summed E-state index contributed by atoms with van der Waals surface area (Å²) in [5.41, 5.74) is 2.91. The Morgan fingerprint density at radius 3 is 2.39 bits per heavy atom. The fraction of sp³-hybridized carbons (Fsp3) is 0.143. The lowest BCUT2D eigenvalue weighted by Crippen LogP contribution is -2.03. The van der Waals surface area contributed by atoms with Gasteiger partial charge in [-0.05, 0) is 51.3 Å². The molecule has 144 valence electrons. The van der Waals surface area contributed by atoms with E-state index in [2.05, 4.69) is 21.2 Å². The van der Waals surface area contributed by atoms with E-state index in [-0.39, 0.29) is 5.69 Å². The SMILES string of the molecule is COc1cc(CNc2ccc([N+](=O)[O-])cc2)cc(Br)c1OCc1ccccc1. The number of ether oxygens (including phenoxy) is 2. The number of nitrogens with one attached hydrogen (secondary N) is 1. The van der Waals surface area contributed by atoms with Crippen LogP contribution in [-0.4, -0.2) is 12.0 Å². The second kappa shape index (κ2) is 9.23. The number of benzene rings is 3. The van der Waals surface area contributed by atoms with Gasteiger partial charge in [0.05, 0.1) is 16.5 Å². The summed E-state index contributed by atoms with van der Waals surface area (Å²) in [6, 6.07) is 20.1. The van der Waals surface area contributed by atoms with Crippen LogP contribution in [0.15, 0.2) is 71.2 Å². The van der Waals surface area contributed by atoms with Crippen molar-refractivity contribution in [3.8, 4) is 11.5 Å². The fourth-order valence-electron chi connectivity index (χ4n) is 2.65. The predicted octanol–water partition coefficient (Wildman–Crippen LogP) is 5.56. The second-order valence-electron chi connectivity index (χ2n) is 6.04. The smallest absolute Gasteiger partial charge is 0.269 e. The van der Waals surface area contributed by atoms with Gasteiger partial charge in [-0.1, -0.05) is 30.3 Å². The Morgan fingerprint density at radius 2 is 1.75 bits per heavy atom. The molecule has 0 aliphatic carbocycles. The van der Waals surface area contributed by atoms with Gasteiger partial charge in [-0.2, -0.15) is 0 Å². The van der Waals surface area contributed by atoms with Gasteiger partial charge in [0.25, 0.3) is 5.69 Å². The summed E-state index contributed by atoms with van der Waals surface area (Å²) < 4.78 is 12.2. The van der Waals surface area contributed by atoms with E-state index in [1.54, 1.807) is 19.2 Å². The van der Waals surface area contributed by atoms with E-state index < -0.39 is 4.92 Å². The van der Waals surface area contributed by atoms with E-state index in [0.29, 0.717) is 24.7 Å². The third-order valence-corrected chi connectivity index (χ3v) is 4.68. The Balaban J connectivity index is 1.69. The molecule has 3 aromatic rings. The zero-order valence-electron chi connectivity index (χ0n) is 15.2. The Bertz CT molecular complexity index is 947. The van der Waals surface area contributed by atoms with E-state index in [0.717, 1.165) is 21.3 Å². The molecule has 0 saturated heterocycles. The van der Waals surface area contributed by atoms with Crippen molar-refractivity contribution in [3.63, 3.8) is 0 Å². The topological polar surface area (TPSA) is 73.6 Å². The van der Waals surface area contributed by atoms with E-state index >= 15 is 0 Å². The predicted molar refractivity (Wildman–Crippen MR) is 112 cm³/mol. The van der Waals surface area contributed by atoms with E-state index in [9.17, 15) is 10.1 Å². The third-order valence-electron chi connectivity index (χ3n) is 4.09. The Kier molecular flexibility index (Phi) is 6.49. The van der Waals surface area contributed by atoms with Crippen molar-refractivity contribution in [2.75, 3.05) is 12.4 Å². The average molecular weight is 443 g/mol. The van der Waals surface area contributed by atoms with Crippen molar-refractivity contribution in [2.45, 2.75) is 13.2 Å². The second-order valence-corrected chi connectivity index (χ2v) is 6.90. The van der Waals surface area contributed by atoms with Crippen LogP contribution in [0.3, 0.4) is 0 Å². The van der Waals surface area contributed by atoms with Gasteiger partial charge in [-0.3, -0.25) is 10.1 Å². The van der Waals surface area contributed by atoms with Crippen molar-refractivity contribution >= 4 is 27.3 Å². The number of non-ortho nitro benzene ring substituents is 1.